The molecule has 1 saturated carbocycles. The van der Waals surface area contributed by atoms with E-state index in [0.29, 0.717) is 0 Å². The summed E-state index contributed by atoms with van der Waals surface area (Å²) in [5.41, 5.74) is 0. The lowest BCUT2D eigenvalue weighted by molar-refractivity contribution is -0.145. The van der Waals surface area contributed by atoms with Gasteiger partial charge in [0.2, 0.25) is 0 Å². The van der Waals surface area contributed by atoms with Gasteiger partial charge >= 0.3 is 5.97 Å². The molecule has 0 amide bonds. The predicted octanol–water partition coefficient (Wildman–Crippen LogP) is 1.07. The van der Waals surface area contributed by atoms with Gasteiger partial charge in [0.25, 0.3) is 0 Å². The number of hydrogen-bond donors (Lipinski definition) is 1. The Kier molecular flexibility index (Phi) is 3.15. The van der Waals surface area contributed by atoms with E-state index in [0.717, 1.165) is 19.3 Å². The summed E-state index contributed by atoms with van der Waals surface area (Å²) in [5.74, 6) is -0.0596. The molecule has 0 bridgehead atoms. The number of methoxy groups -OCH3 is 1. The summed E-state index contributed by atoms with van der Waals surface area (Å²) in [4.78, 5) is 13.6. The molecule has 0 aromatic carbocycles. The first-order valence-corrected chi connectivity index (χ1v) is 4.09. The predicted molar refractivity (Wildman–Crippen MR) is 42.1 cm³/mol. The van der Waals surface area contributed by atoms with Crippen LogP contribution in [0.15, 0.2) is 0 Å². The van der Waals surface area contributed by atoms with Crippen LogP contribution < -0.4 is 4.84 Å². The van der Waals surface area contributed by atoms with Crippen LogP contribution in [0.25, 0.3) is 0 Å². The lowest BCUT2D eigenvalue weighted by Crippen LogP contribution is -2.19. The maximum absolute atomic E-state index is 11.0. The maximum Gasteiger partial charge on any atom is 0.308 e. The molecule has 3 nitrogen and oxygen atoms in total. The summed E-state index contributed by atoms with van der Waals surface area (Å²) in [6.45, 7) is 0. The van der Waals surface area contributed by atoms with Crippen LogP contribution in [0.5, 0.6) is 0 Å². The van der Waals surface area contributed by atoms with Crippen LogP contribution in [0, 0.1) is 5.92 Å². The molecule has 2 atom stereocenters. The van der Waals surface area contributed by atoms with Gasteiger partial charge in [0.05, 0.1) is 13.0 Å². The standard InChI is InChI=1S/C7H12ClNO2/c1-11-7(10)5-2-3-6(4-5)9-8/h5-6,9H,2-4H2,1H3/t5-,6-/m0/s1. The van der Waals surface area contributed by atoms with Gasteiger partial charge < -0.3 is 4.74 Å². The smallest absolute Gasteiger partial charge is 0.308 e. The summed E-state index contributed by atoms with van der Waals surface area (Å²) in [7, 11) is 1.42. The molecule has 1 aliphatic rings. The van der Waals surface area contributed by atoms with Crippen molar-refractivity contribution in [3.63, 3.8) is 0 Å². The number of nitrogens with one attached hydrogen (secondary N) is 1. The SMILES string of the molecule is COC(=O)[C@H]1CC[C@H](NCl)C1. The zero-order chi connectivity index (χ0) is 8.27. The van der Waals surface area contributed by atoms with Gasteiger partial charge in [-0.15, -0.1) is 0 Å². The van der Waals surface area contributed by atoms with Gasteiger partial charge in [-0.05, 0) is 31.0 Å². The minimum Gasteiger partial charge on any atom is -0.469 e. The molecular weight excluding hydrogens is 166 g/mol. The summed E-state index contributed by atoms with van der Waals surface area (Å²) >= 11 is 5.42. The highest BCUT2D eigenvalue weighted by molar-refractivity contribution is 6.13. The van der Waals surface area contributed by atoms with Gasteiger partial charge in [-0.1, -0.05) is 0 Å². The lowest BCUT2D eigenvalue weighted by atomic mass is 10.1. The second-order valence-corrected chi connectivity index (χ2v) is 3.06. The van der Waals surface area contributed by atoms with Crippen molar-refractivity contribution >= 4 is 17.7 Å². The average molecular weight is 178 g/mol. The fraction of sp³-hybridized carbons (Fsp3) is 0.857. The number of rotatable bonds is 2. The first kappa shape index (κ1) is 8.81. The van der Waals surface area contributed by atoms with E-state index in [-0.39, 0.29) is 17.9 Å². The summed E-state index contributed by atoms with van der Waals surface area (Å²) in [6.07, 6.45) is 2.65. The molecule has 0 aliphatic heterocycles. The molecule has 1 fully saturated rings. The van der Waals surface area contributed by atoms with Crippen LogP contribution in [-0.4, -0.2) is 19.1 Å². The molecule has 11 heavy (non-hydrogen) atoms. The zero-order valence-electron chi connectivity index (χ0n) is 6.47. The van der Waals surface area contributed by atoms with Crippen molar-refractivity contribution in [3.05, 3.63) is 0 Å². The molecule has 4 heteroatoms. The number of carbonyl (C=O) groups is 1. The summed E-state index contributed by atoms with van der Waals surface area (Å²) in [6, 6.07) is 0.278. The Morgan fingerprint density at radius 3 is 2.82 bits per heavy atom. The highest BCUT2D eigenvalue weighted by Crippen LogP contribution is 2.26. The third-order valence-electron chi connectivity index (χ3n) is 2.12. The molecule has 1 aliphatic carbocycles. The number of halogens is 1. The van der Waals surface area contributed by atoms with Crippen LogP contribution >= 0.6 is 11.8 Å². The van der Waals surface area contributed by atoms with Crippen molar-refractivity contribution in [2.24, 2.45) is 5.92 Å². The molecule has 64 valence electrons. The van der Waals surface area contributed by atoms with E-state index in [1.165, 1.54) is 7.11 Å². The second-order valence-electron chi connectivity index (χ2n) is 2.84. The van der Waals surface area contributed by atoms with Gasteiger partial charge in [0.15, 0.2) is 0 Å². The maximum atomic E-state index is 11.0. The van der Waals surface area contributed by atoms with E-state index >= 15 is 0 Å². The molecular formula is C7H12ClNO2. The lowest BCUT2D eigenvalue weighted by Gasteiger charge is -2.06. The molecule has 0 saturated heterocycles. The monoisotopic (exact) mass is 177 g/mol. The van der Waals surface area contributed by atoms with E-state index in [2.05, 4.69) is 9.57 Å². The highest BCUT2D eigenvalue weighted by atomic mass is 35.5. The van der Waals surface area contributed by atoms with Crippen molar-refractivity contribution in [2.45, 2.75) is 25.3 Å². The Bertz CT molecular complexity index is 151. The minimum absolute atomic E-state index is 0.0521. The van der Waals surface area contributed by atoms with Crippen LogP contribution in [0.2, 0.25) is 0 Å². The Hall–Kier alpha value is -0.280. The third-order valence-corrected chi connectivity index (χ3v) is 2.43. The topological polar surface area (TPSA) is 38.3 Å². The third kappa shape index (κ3) is 2.07. The molecule has 1 rings (SSSR count). The van der Waals surface area contributed by atoms with Gasteiger partial charge in [-0.25, -0.2) is 4.84 Å². The van der Waals surface area contributed by atoms with Gasteiger partial charge in [0, 0.05) is 6.04 Å². The molecule has 0 radical (unpaired) electrons. The summed E-state index contributed by atoms with van der Waals surface area (Å²) < 4.78 is 4.62. The molecule has 0 aromatic rings. The minimum atomic E-state index is -0.112. The fourth-order valence-electron chi connectivity index (χ4n) is 1.46. The van der Waals surface area contributed by atoms with Gasteiger partial charge in [0.1, 0.15) is 0 Å². The van der Waals surface area contributed by atoms with Crippen molar-refractivity contribution < 1.29 is 9.53 Å². The molecule has 0 aromatic heterocycles. The molecule has 0 spiro atoms. The second kappa shape index (κ2) is 3.93. The van der Waals surface area contributed by atoms with Gasteiger partial charge in [-0.2, -0.15) is 0 Å². The van der Waals surface area contributed by atoms with Crippen molar-refractivity contribution in [1.29, 1.82) is 0 Å². The molecule has 0 unspecified atom stereocenters. The van der Waals surface area contributed by atoms with Crippen molar-refractivity contribution in [2.75, 3.05) is 7.11 Å². The average Bonchev–Trinajstić information content (AvgIpc) is 2.50. The zero-order valence-corrected chi connectivity index (χ0v) is 7.23. The normalized spacial score (nSPS) is 30.4. The van der Waals surface area contributed by atoms with Crippen LogP contribution in [0.4, 0.5) is 0 Å². The van der Waals surface area contributed by atoms with Crippen LogP contribution in [0.1, 0.15) is 19.3 Å². The van der Waals surface area contributed by atoms with E-state index in [4.69, 9.17) is 11.8 Å². The highest BCUT2D eigenvalue weighted by Gasteiger charge is 2.29. The summed E-state index contributed by atoms with van der Waals surface area (Å²) in [5, 5.41) is 0. The first-order chi connectivity index (χ1) is 5.27. The number of esters is 1. The Labute approximate surface area is 71.2 Å². The van der Waals surface area contributed by atoms with Gasteiger partial charge in [-0.3, -0.25) is 4.79 Å². The Morgan fingerprint density at radius 1 is 1.64 bits per heavy atom. The van der Waals surface area contributed by atoms with E-state index in [9.17, 15) is 4.79 Å². The number of ether oxygens (including phenoxy) is 1. The van der Waals surface area contributed by atoms with Crippen LogP contribution in [0.3, 0.4) is 0 Å². The van der Waals surface area contributed by atoms with Crippen molar-refractivity contribution in [1.82, 2.24) is 4.84 Å². The van der Waals surface area contributed by atoms with E-state index in [1.54, 1.807) is 0 Å². The number of hydrogen-bond acceptors (Lipinski definition) is 3. The van der Waals surface area contributed by atoms with E-state index in [1.807, 2.05) is 0 Å². The Morgan fingerprint density at radius 2 is 2.36 bits per heavy atom. The van der Waals surface area contributed by atoms with Crippen LogP contribution in [-0.2, 0) is 9.53 Å². The molecule has 0 heterocycles. The first-order valence-electron chi connectivity index (χ1n) is 3.72. The van der Waals surface area contributed by atoms with E-state index < -0.39 is 0 Å². The number of carbonyl (C=O) groups excluding carboxylic acids is 1. The largest absolute Gasteiger partial charge is 0.469 e. The molecule has 1 N–H and O–H groups in total. The Balaban J connectivity index is 2.35. The fourth-order valence-corrected chi connectivity index (χ4v) is 1.66. The quantitative estimate of drug-likeness (QED) is 0.507. The van der Waals surface area contributed by atoms with Crippen molar-refractivity contribution in [3.8, 4) is 0 Å².